The van der Waals surface area contributed by atoms with E-state index in [0.29, 0.717) is 17.7 Å². The molecule has 21 heavy (non-hydrogen) atoms. The molecule has 1 aliphatic heterocycles. The average molecular weight is 279 g/mol. The van der Waals surface area contributed by atoms with Crippen molar-refractivity contribution in [2.75, 3.05) is 0 Å². The van der Waals surface area contributed by atoms with Crippen LogP contribution in [0.5, 0.6) is 0 Å². The maximum atomic E-state index is 12.8. The van der Waals surface area contributed by atoms with Gasteiger partial charge in [-0.15, -0.1) is 0 Å². The molecule has 0 aromatic heterocycles. The molecule has 0 saturated carbocycles. The van der Waals surface area contributed by atoms with Crippen LogP contribution in [0.4, 0.5) is 0 Å². The Morgan fingerprint density at radius 1 is 1.00 bits per heavy atom. The molecule has 0 saturated heterocycles. The number of ketones is 1. The lowest BCUT2D eigenvalue weighted by Gasteiger charge is -2.23. The molecule has 1 atom stereocenters. The molecule has 3 heteroatoms. The van der Waals surface area contributed by atoms with Crippen molar-refractivity contribution in [2.24, 2.45) is 0 Å². The fourth-order valence-electron chi connectivity index (χ4n) is 2.95. The van der Waals surface area contributed by atoms with Crippen molar-refractivity contribution in [1.29, 1.82) is 0 Å². The van der Waals surface area contributed by atoms with E-state index in [1.807, 2.05) is 24.0 Å². The van der Waals surface area contributed by atoms with Gasteiger partial charge >= 0.3 is 0 Å². The van der Waals surface area contributed by atoms with Crippen molar-refractivity contribution >= 4 is 11.7 Å². The number of rotatable bonds is 2. The minimum Gasteiger partial charge on any atom is -0.328 e. The SMILES string of the molecule is CC(=O)c1ccccc1C(=O)N1Cc2ccccc2[C@H]1C. The summed E-state index contributed by atoms with van der Waals surface area (Å²) in [6.45, 7) is 4.12. The molecule has 2 aromatic carbocycles. The average Bonchev–Trinajstić information content (AvgIpc) is 2.84. The number of benzene rings is 2. The van der Waals surface area contributed by atoms with E-state index in [-0.39, 0.29) is 17.7 Å². The van der Waals surface area contributed by atoms with Gasteiger partial charge in [0.2, 0.25) is 0 Å². The third-order valence-corrected chi connectivity index (χ3v) is 4.11. The predicted molar refractivity (Wildman–Crippen MR) is 81.2 cm³/mol. The van der Waals surface area contributed by atoms with Crippen LogP contribution < -0.4 is 0 Å². The molecule has 1 amide bonds. The third-order valence-electron chi connectivity index (χ3n) is 4.11. The van der Waals surface area contributed by atoms with Crippen LogP contribution >= 0.6 is 0 Å². The molecule has 3 nitrogen and oxygen atoms in total. The van der Waals surface area contributed by atoms with E-state index in [1.54, 1.807) is 24.3 Å². The van der Waals surface area contributed by atoms with E-state index < -0.39 is 0 Å². The van der Waals surface area contributed by atoms with Crippen molar-refractivity contribution in [3.05, 3.63) is 70.8 Å². The van der Waals surface area contributed by atoms with Crippen molar-refractivity contribution < 1.29 is 9.59 Å². The van der Waals surface area contributed by atoms with E-state index >= 15 is 0 Å². The van der Waals surface area contributed by atoms with Gasteiger partial charge in [-0.3, -0.25) is 9.59 Å². The molecule has 0 spiro atoms. The van der Waals surface area contributed by atoms with Crippen molar-refractivity contribution in [3.63, 3.8) is 0 Å². The summed E-state index contributed by atoms with van der Waals surface area (Å²) in [4.78, 5) is 26.4. The molecule has 0 fully saturated rings. The van der Waals surface area contributed by atoms with Crippen LogP contribution in [-0.2, 0) is 6.54 Å². The molecular weight excluding hydrogens is 262 g/mol. The summed E-state index contributed by atoms with van der Waals surface area (Å²) in [7, 11) is 0. The monoisotopic (exact) mass is 279 g/mol. The summed E-state index contributed by atoms with van der Waals surface area (Å²) in [5.41, 5.74) is 3.35. The van der Waals surface area contributed by atoms with Gasteiger partial charge in [-0.25, -0.2) is 0 Å². The maximum Gasteiger partial charge on any atom is 0.255 e. The molecule has 106 valence electrons. The van der Waals surface area contributed by atoms with Gasteiger partial charge in [-0.2, -0.15) is 0 Å². The molecular formula is C18H17NO2. The highest BCUT2D eigenvalue weighted by Gasteiger charge is 2.31. The van der Waals surface area contributed by atoms with E-state index in [1.165, 1.54) is 18.1 Å². The molecule has 0 bridgehead atoms. The van der Waals surface area contributed by atoms with Gasteiger partial charge in [0.15, 0.2) is 5.78 Å². The maximum absolute atomic E-state index is 12.8. The lowest BCUT2D eigenvalue weighted by Crippen LogP contribution is -2.29. The van der Waals surface area contributed by atoms with Gasteiger partial charge in [0, 0.05) is 12.1 Å². The first kappa shape index (κ1) is 13.6. The van der Waals surface area contributed by atoms with Gasteiger partial charge in [0.05, 0.1) is 11.6 Å². The Morgan fingerprint density at radius 2 is 1.62 bits per heavy atom. The Kier molecular flexibility index (Phi) is 3.34. The summed E-state index contributed by atoms with van der Waals surface area (Å²) in [6.07, 6.45) is 0. The highest BCUT2D eigenvalue weighted by molar-refractivity contribution is 6.07. The second-order valence-electron chi connectivity index (χ2n) is 5.41. The zero-order valence-electron chi connectivity index (χ0n) is 12.2. The lowest BCUT2D eigenvalue weighted by molar-refractivity contribution is 0.0701. The van der Waals surface area contributed by atoms with Gasteiger partial charge in [-0.1, -0.05) is 42.5 Å². The molecule has 1 heterocycles. The predicted octanol–water partition coefficient (Wildman–Crippen LogP) is 3.61. The second kappa shape index (κ2) is 5.17. The normalized spacial score (nSPS) is 16.7. The van der Waals surface area contributed by atoms with Crippen molar-refractivity contribution in [2.45, 2.75) is 26.4 Å². The Bertz CT molecular complexity index is 721. The fourth-order valence-corrected chi connectivity index (χ4v) is 2.95. The number of hydrogen-bond acceptors (Lipinski definition) is 2. The van der Waals surface area contributed by atoms with Crippen LogP contribution in [-0.4, -0.2) is 16.6 Å². The largest absolute Gasteiger partial charge is 0.328 e. The van der Waals surface area contributed by atoms with E-state index in [4.69, 9.17) is 0 Å². The highest BCUT2D eigenvalue weighted by Crippen LogP contribution is 2.34. The van der Waals surface area contributed by atoms with Crippen LogP contribution in [0.25, 0.3) is 0 Å². The molecule has 3 rings (SSSR count). The van der Waals surface area contributed by atoms with Crippen molar-refractivity contribution in [3.8, 4) is 0 Å². The Labute approximate surface area is 124 Å². The van der Waals surface area contributed by atoms with Gasteiger partial charge in [0.1, 0.15) is 0 Å². The van der Waals surface area contributed by atoms with Gasteiger partial charge < -0.3 is 4.90 Å². The summed E-state index contributed by atoms with van der Waals surface area (Å²) in [5, 5.41) is 0. The topological polar surface area (TPSA) is 37.4 Å². The number of nitrogens with zero attached hydrogens (tertiary/aromatic N) is 1. The first-order valence-corrected chi connectivity index (χ1v) is 7.08. The minimum absolute atomic E-state index is 0.0358. The van der Waals surface area contributed by atoms with Crippen LogP contribution in [0.3, 0.4) is 0 Å². The molecule has 0 N–H and O–H groups in total. The second-order valence-corrected chi connectivity index (χ2v) is 5.41. The van der Waals surface area contributed by atoms with E-state index in [9.17, 15) is 9.59 Å². The summed E-state index contributed by atoms with van der Waals surface area (Å²) < 4.78 is 0. The quantitative estimate of drug-likeness (QED) is 0.788. The number of carbonyl (C=O) groups is 2. The number of carbonyl (C=O) groups excluding carboxylic acids is 2. The summed E-state index contributed by atoms with van der Waals surface area (Å²) >= 11 is 0. The Morgan fingerprint density at radius 3 is 2.29 bits per heavy atom. The number of amides is 1. The van der Waals surface area contributed by atoms with E-state index in [2.05, 4.69) is 12.1 Å². The first-order valence-electron chi connectivity index (χ1n) is 7.08. The standard InChI is InChI=1S/C18H17NO2/c1-12-15-8-4-3-7-14(15)11-19(12)18(21)17-10-6-5-9-16(17)13(2)20/h3-10,12H,11H2,1-2H3/t12-/m1/s1. The smallest absolute Gasteiger partial charge is 0.255 e. The minimum atomic E-state index is -0.0803. The molecule has 2 aromatic rings. The molecule has 1 aliphatic rings. The number of fused-ring (bicyclic) bond motifs is 1. The van der Waals surface area contributed by atoms with Crippen LogP contribution in [0.1, 0.15) is 51.7 Å². The Balaban J connectivity index is 1.97. The zero-order chi connectivity index (χ0) is 15.0. The lowest BCUT2D eigenvalue weighted by atomic mass is 10.0. The van der Waals surface area contributed by atoms with Crippen LogP contribution in [0.2, 0.25) is 0 Å². The Hall–Kier alpha value is -2.42. The third kappa shape index (κ3) is 2.25. The fraction of sp³-hybridized carbons (Fsp3) is 0.222. The number of hydrogen-bond donors (Lipinski definition) is 0. The van der Waals surface area contributed by atoms with Gasteiger partial charge in [0.25, 0.3) is 5.91 Å². The van der Waals surface area contributed by atoms with Crippen molar-refractivity contribution in [1.82, 2.24) is 4.90 Å². The van der Waals surface area contributed by atoms with E-state index in [0.717, 1.165) is 0 Å². The highest BCUT2D eigenvalue weighted by atomic mass is 16.2. The van der Waals surface area contributed by atoms with Gasteiger partial charge in [-0.05, 0) is 31.0 Å². The molecule has 0 radical (unpaired) electrons. The summed E-state index contributed by atoms with van der Waals surface area (Å²) in [5.74, 6) is -0.159. The first-order chi connectivity index (χ1) is 10.1. The number of Topliss-reactive ketones (excluding diaryl/α,β-unsaturated/α-hetero) is 1. The molecule has 0 aliphatic carbocycles. The molecule has 0 unspecified atom stereocenters. The van der Waals surface area contributed by atoms with Crippen LogP contribution in [0, 0.1) is 0 Å². The van der Waals surface area contributed by atoms with Crippen LogP contribution in [0.15, 0.2) is 48.5 Å². The zero-order valence-corrected chi connectivity index (χ0v) is 12.2. The summed E-state index contributed by atoms with van der Waals surface area (Å²) in [6, 6.07) is 15.2.